The largest absolute Gasteiger partial charge is 0.310 e. The van der Waals surface area contributed by atoms with Crippen LogP contribution < -0.4 is 9.88 Å². The van der Waals surface area contributed by atoms with Gasteiger partial charge in [0.05, 0.1) is 12.1 Å². The molecule has 1 amide bonds. The predicted octanol–water partition coefficient (Wildman–Crippen LogP) is 4.43. The summed E-state index contributed by atoms with van der Waals surface area (Å²) in [6, 6.07) is 19.9. The van der Waals surface area contributed by atoms with Crippen molar-refractivity contribution in [3.05, 3.63) is 96.1 Å². The van der Waals surface area contributed by atoms with Gasteiger partial charge in [-0.2, -0.15) is 0 Å². The molecule has 0 spiro atoms. The summed E-state index contributed by atoms with van der Waals surface area (Å²) in [5.74, 6) is 0.443. The molecule has 0 unspecified atom stereocenters. The summed E-state index contributed by atoms with van der Waals surface area (Å²) >= 11 is 0. The van der Waals surface area contributed by atoms with Crippen molar-refractivity contribution in [1.29, 1.82) is 0 Å². The molecule has 4 rings (SSSR count). The first-order chi connectivity index (χ1) is 15.0. The first kappa shape index (κ1) is 20.4. The van der Waals surface area contributed by atoms with Crippen LogP contribution in [0.5, 0.6) is 0 Å². The number of aromatic nitrogens is 3. The Morgan fingerprint density at radius 3 is 2.52 bits per heavy atom. The van der Waals surface area contributed by atoms with Crippen LogP contribution in [0.1, 0.15) is 16.8 Å². The predicted molar refractivity (Wildman–Crippen MR) is 122 cm³/mol. The number of anilines is 1. The molecule has 0 aliphatic carbocycles. The zero-order valence-corrected chi connectivity index (χ0v) is 18.0. The zero-order valence-electron chi connectivity index (χ0n) is 18.0. The molecule has 0 fully saturated rings. The van der Waals surface area contributed by atoms with E-state index in [9.17, 15) is 4.79 Å². The lowest BCUT2D eigenvalue weighted by Gasteiger charge is -2.10. The third-order valence-electron chi connectivity index (χ3n) is 5.36. The maximum Gasteiger partial charge on any atom is 0.229 e. The summed E-state index contributed by atoms with van der Waals surface area (Å²) in [7, 11) is 2.04. The van der Waals surface area contributed by atoms with Crippen molar-refractivity contribution in [3.63, 3.8) is 0 Å². The number of hydrogen-bond donors (Lipinski definition) is 1. The first-order valence-corrected chi connectivity index (χ1v) is 10.2. The number of nitrogens with zero attached hydrogens (tertiary/aromatic N) is 3. The van der Waals surface area contributed by atoms with Crippen molar-refractivity contribution >= 4 is 11.7 Å². The quantitative estimate of drug-likeness (QED) is 0.496. The van der Waals surface area contributed by atoms with Gasteiger partial charge in [0.2, 0.25) is 5.91 Å². The van der Waals surface area contributed by atoms with Crippen LogP contribution in [0, 0.1) is 13.8 Å². The highest BCUT2D eigenvalue weighted by molar-refractivity contribution is 5.91. The second-order valence-electron chi connectivity index (χ2n) is 7.69. The molecule has 1 aromatic carbocycles. The lowest BCUT2D eigenvalue weighted by molar-refractivity contribution is -0.677. The zero-order chi connectivity index (χ0) is 21.8. The van der Waals surface area contributed by atoms with Gasteiger partial charge in [-0.15, -0.1) is 0 Å². The van der Waals surface area contributed by atoms with Crippen molar-refractivity contribution < 1.29 is 9.36 Å². The molecule has 0 aliphatic rings. The highest BCUT2D eigenvalue weighted by Gasteiger charge is 2.10. The number of carbonyl (C=O) groups is 1. The second-order valence-corrected chi connectivity index (χ2v) is 7.69. The Kier molecular flexibility index (Phi) is 5.85. The van der Waals surface area contributed by atoms with Gasteiger partial charge in [0, 0.05) is 37.0 Å². The Morgan fingerprint density at radius 1 is 0.968 bits per heavy atom. The average molecular weight is 410 g/mol. The van der Waals surface area contributed by atoms with E-state index >= 15 is 0 Å². The second kappa shape index (κ2) is 8.88. The van der Waals surface area contributed by atoms with Crippen molar-refractivity contribution in [2.45, 2.75) is 20.3 Å². The van der Waals surface area contributed by atoms with Gasteiger partial charge in [0.15, 0.2) is 11.9 Å². The number of nitrogens with one attached hydrogen (secondary N) is 1. The molecule has 0 aliphatic heterocycles. The fraction of sp³-hybridized carbons (Fsp3) is 0.154. The van der Waals surface area contributed by atoms with E-state index in [2.05, 4.69) is 64.2 Å². The molecule has 4 aromatic rings. The minimum atomic E-state index is -0.0900. The molecule has 3 aromatic heterocycles. The van der Waals surface area contributed by atoms with Crippen LogP contribution in [0.3, 0.4) is 0 Å². The van der Waals surface area contributed by atoms with E-state index in [4.69, 9.17) is 0 Å². The van der Waals surface area contributed by atoms with Crippen LogP contribution in [-0.2, 0) is 18.3 Å². The topological polar surface area (TPSA) is 58.8 Å². The SMILES string of the molecule is Cc1cc(CC(=O)Nc2ccc(-c3ccccn3)cn2)ccc1-c1cc[n+](C)c(C)c1. The van der Waals surface area contributed by atoms with Gasteiger partial charge in [0.25, 0.3) is 0 Å². The fourth-order valence-electron chi connectivity index (χ4n) is 3.54. The number of pyridine rings is 3. The summed E-state index contributed by atoms with van der Waals surface area (Å²) in [5.41, 5.74) is 7.45. The van der Waals surface area contributed by atoms with Crippen LogP contribution in [0.15, 0.2) is 79.3 Å². The summed E-state index contributed by atoms with van der Waals surface area (Å²) < 4.78 is 2.09. The Bertz CT molecular complexity index is 1220. The Morgan fingerprint density at radius 2 is 1.84 bits per heavy atom. The highest BCUT2D eigenvalue weighted by Crippen LogP contribution is 2.24. The van der Waals surface area contributed by atoms with Crippen molar-refractivity contribution in [1.82, 2.24) is 9.97 Å². The smallest absolute Gasteiger partial charge is 0.229 e. The van der Waals surface area contributed by atoms with Crippen molar-refractivity contribution in [2.75, 3.05) is 5.32 Å². The summed E-state index contributed by atoms with van der Waals surface area (Å²) in [6.45, 7) is 4.17. The summed E-state index contributed by atoms with van der Waals surface area (Å²) in [5, 5.41) is 2.88. The number of hydrogen-bond acceptors (Lipinski definition) is 3. The van der Waals surface area contributed by atoms with Crippen LogP contribution in [0.25, 0.3) is 22.4 Å². The molecule has 31 heavy (non-hydrogen) atoms. The van der Waals surface area contributed by atoms with Crippen LogP contribution in [0.4, 0.5) is 5.82 Å². The minimum absolute atomic E-state index is 0.0900. The van der Waals surface area contributed by atoms with Crippen LogP contribution in [-0.4, -0.2) is 15.9 Å². The number of rotatable bonds is 5. The van der Waals surface area contributed by atoms with E-state index < -0.39 is 0 Å². The molecule has 0 atom stereocenters. The molecule has 0 radical (unpaired) electrons. The molecular formula is C26H25N4O+. The maximum absolute atomic E-state index is 12.5. The van der Waals surface area contributed by atoms with Gasteiger partial charge in [-0.25, -0.2) is 9.55 Å². The summed E-state index contributed by atoms with van der Waals surface area (Å²) in [4.78, 5) is 21.2. The monoisotopic (exact) mass is 409 g/mol. The van der Waals surface area contributed by atoms with E-state index in [1.54, 1.807) is 18.5 Å². The summed E-state index contributed by atoms with van der Waals surface area (Å²) in [6.07, 6.45) is 5.83. The number of amides is 1. The molecule has 0 saturated heterocycles. The lowest BCUT2D eigenvalue weighted by atomic mass is 9.97. The third kappa shape index (κ3) is 4.83. The van der Waals surface area contributed by atoms with Crippen LogP contribution in [0.2, 0.25) is 0 Å². The van der Waals surface area contributed by atoms with E-state index in [0.29, 0.717) is 12.2 Å². The fourth-order valence-corrected chi connectivity index (χ4v) is 3.54. The van der Waals surface area contributed by atoms with Gasteiger partial charge in [-0.3, -0.25) is 9.78 Å². The minimum Gasteiger partial charge on any atom is -0.310 e. The van der Waals surface area contributed by atoms with Crippen molar-refractivity contribution in [3.8, 4) is 22.4 Å². The van der Waals surface area contributed by atoms with Gasteiger partial charge >= 0.3 is 0 Å². The maximum atomic E-state index is 12.5. The normalized spacial score (nSPS) is 10.7. The van der Waals surface area contributed by atoms with E-state index in [0.717, 1.165) is 22.4 Å². The Balaban J connectivity index is 1.42. The van der Waals surface area contributed by atoms with Gasteiger partial charge in [-0.05, 0) is 53.4 Å². The molecule has 5 nitrogen and oxygen atoms in total. The Hall–Kier alpha value is -3.86. The third-order valence-corrected chi connectivity index (χ3v) is 5.36. The highest BCUT2D eigenvalue weighted by atomic mass is 16.1. The molecule has 1 N–H and O–H groups in total. The van der Waals surface area contributed by atoms with Gasteiger partial charge < -0.3 is 5.32 Å². The van der Waals surface area contributed by atoms with E-state index in [-0.39, 0.29) is 5.91 Å². The molecular weight excluding hydrogens is 384 g/mol. The van der Waals surface area contributed by atoms with Crippen LogP contribution >= 0.6 is 0 Å². The number of aryl methyl sites for hydroxylation is 3. The Labute approximate surface area is 182 Å². The molecule has 3 heterocycles. The number of benzene rings is 1. The van der Waals surface area contributed by atoms with E-state index in [1.165, 1.54) is 16.8 Å². The molecule has 5 heteroatoms. The average Bonchev–Trinajstić information content (AvgIpc) is 2.77. The molecule has 0 bridgehead atoms. The number of carbonyl (C=O) groups excluding carboxylic acids is 1. The van der Waals surface area contributed by atoms with Gasteiger partial charge in [0.1, 0.15) is 12.9 Å². The van der Waals surface area contributed by atoms with Crippen molar-refractivity contribution in [2.24, 2.45) is 7.05 Å². The van der Waals surface area contributed by atoms with Gasteiger partial charge in [-0.1, -0.05) is 24.3 Å². The first-order valence-electron chi connectivity index (χ1n) is 10.2. The molecule has 154 valence electrons. The molecule has 0 saturated carbocycles. The lowest BCUT2D eigenvalue weighted by Crippen LogP contribution is -2.30. The standard InChI is InChI=1S/C26H24N4O/c1-18-14-20(7-9-23(18)21-11-13-30(3)19(2)15-21)16-26(31)29-25-10-8-22(17-28-25)24-6-4-5-12-27-24/h4-15,17H,16H2,1-3H3/p+1. The van der Waals surface area contributed by atoms with E-state index in [1.807, 2.05) is 37.4 Å².